The third-order valence-electron chi connectivity index (χ3n) is 2.95. The molecule has 18 heavy (non-hydrogen) atoms. The van der Waals surface area contributed by atoms with Gasteiger partial charge in [-0.15, -0.1) is 0 Å². The van der Waals surface area contributed by atoms with E-state index in [-0.39, 0.29) is 11.9 Å². The highest BCUT2D eigenvalue weighted by Gasteiger charge is 2.21. The highest BCUT2D eigenvalue weighted by Crippen LogP contribution is 2.28. The molecule has 1 rings (SSSR count). The average Bonchev–Trinajstić information content (AvgIpc) is 2.34. The topological polar surface area (TPSA) is 29.3 Å². The molecule has 0 radical (unpaired) electrons. The second-order valence-electron chi connectivity index (χ2n) is 4.21. The number of halogens is 2. The number of hydrogen-bond acceptors (Lipinski definition) is 3. The molecule has 0 amide bonds. The molecule has 0 aliphatic rings. The Kier molecular flexibility index (Phi) is 7.00. The zero-order valence-corrected chi connectivity index (χ0v) is 12.4. The van der Waals surface area contributed by atoms with E-state index in [0.717, 1.165) is 18.7 Å². The fourth-order valence-corrected chi connectivity index (χ4v) is 2.67. The number of nitrogens with zero attached hydrogens (tertiary/aromatic N) is 1. The molecule has 2 nitrogen and oxygen atoms in total. The average molecular weight is 291 g/mol. The van der Waals surface area contributed by atoms with E-state index in [4.69, 9.17) is 17.3 Å². The lowest BCUT2D eigenvalue weighted by Crippen LogP contribution is -2.32. The SMILES string of the molecule is CSCCCN(C)C(CN)c1c(F)cccc1Cl. The van der Waals surface area contributed by atoms with Crippen LogP contribution in [-0.4, -0.2) is 37.0 Å². The van der Waals surface area contributed by atoms with E-state index >= 15 is 0 Å². The fourth-order valence-electron chi connectivity index (χ4n) is 1.96. The highest BCUT2D eigenvalue weighted by molar-refractivity contribution is 7.98. The summed E-state index contributed by atoms with van der Waals surface area (Å²) in [4.78, 5) is 2.07. The molecule has 0 aliphatic heterocycles. The number of rotatable bonds is 7. The first-order valence-electron chi connectivity index (χ1n) is 5.95. The Balaban J connectivity index is 2.82. The Morgan fingerprint density at radius 2 is 2.22 bits per heavy atom. The lowest BCUT2D eigenvalue weighted by molar-refractivity contribution is 0.246. The minimum absolute atomic E-state index is 0.166. The second kappa shape index (κ2) is 8.00. The Labute approximate surface area is 118 Å². The van der Waals surface area contributed by atoms with Gasteiger partial charge in [-0.3, -0.25) is 4.90 Å². The van der Waals surface area contributed by atoms with Gasteiger partial charge in [0.25, 0.3) is 0 Å². The van der Waals surface area contributed by atoms with Gasteiger partial charge in [0.05, 0.1) is 6.04 Å². The number of nitrogens with two attached hydrogens (primary N) is 1. The van der Waals surface area contributed by atoms with Gasteiger partial charge in [0, 0.05) is 17.1 Å². The quantitative estimate of drug-likeness (QED) is 0.782. The summed E-state index contributed by atoms with van der Waals surface area (Å²) in [6.07, 6.45) is 3.13. The lowest BCUT2D eigenvalue weighted by Gasteiger charge is -2.28. The van der Waals surface area contributed by atoms with Crippen LogP contribution in [0.2, 0.25) is 5.02 Å². The summed E-state index contributed by atoms with van der Waals surface area (Å²) in [7, 11) is 1.96. The molecule has 1 aromatic carbocycles. The van der Waals surface area contributed by atoms with Gasteiger partial charge in [-0.05, 0) is 44.2 Å². The summed E-state index contributed by atoms with van der Waals surface area (Å²) < 4.78 is 13.9. The van der Waals surface area contributed by atoms with Gasteiger partial charge in [-0.2, -0.15) is 11.8 Å². The van der Waals surface area contributed by atoms with Crippen LogP contribution in [0.3, 0.4) is 0 Å². The minimum Gasteiger partial charge on any atom is -0.329 e. The van der Waals surface area contributed by atoms with Gasteiger partial charge < -0.3 is 5.73 Å². The van der Waals surface area contributed by atoms with Crippen LogP contribution in [0.1, 0.15) is 18.0 Å². The van der Waals surface area contributed by atoms with Gasteiger partial charge in [0.15, 0.2) is 0 Å². The maximum absolute atomic E-state index is 13.9. The number of hydrogen-bond donors (Lipinski definition) is 1. The van der Waals surface area contributed by atoms with Crippen molar-refractivity contribution >= 4 is 23.4 Å². The molecule has 102 valence electrons. The molecule has 1 atom stereocenters. The summed E-state index contributed by atoms with van der Waals surface area (Å²) >= 11 is 7.89. The Morgan fingerprint density at radius 1 is 1.50 bits per heavy atom. The van der Waals surface area contributed by atoms with Gasteiger partial charge in [-0.25, -0.2) is 4.39 Å². The van der Waals surface area contributed by atoms with E-state index in [1.165, 1.54) is 6.07 Å². The van der Waals surface area contributed by atoms with Crippen LogP contribution in [0, 0.1) is 5.82 Å². The van der Waals surface area contributed by atoms with Crippen molar-refractivity contribution in [2.75, 3.05) is 32.1 Å². The fraction of sp³-hybridized carbons (Fsp3) is 0.538. The third-order valence-corrected chi connectivity index (χ3v) is 3.97. The molecular weight excluding hydrogens is 271 g/mol. The van der Waals surface area contributed by atoms with Crippen molar-refractivity contribution in [3.05, 3.63) is 34.6 Å². The van der Waals surface area contributed by atoms with E-state index < -0.39 is 0 Å². The van der Waals surface area contributed by atoms with E-state index in [1.54, 1.807) is 23.9 Å². The van der Waals surface area contributed by atoms with Gasteiger partial charge in [-0.1, -0.05) is 17.7 Å². The predicted octanol–water partition coefficient (Wildman–Crippen LogP) is 3.16. The van der Waals surface area contributed by atoms with Crippen LogP contribution in [0.15, 0.2) is 18.2 Å². The molecule has 0 saturated carbocycles. The Bertz CT molecular complexity index is 356. The second-order valence-corrected chi connectivity index (χ2v) is 5.61. The van der Waals surface area contributed by atoms with Gasteiger partial charge in [0.2, 0.25) is 0 Å². The number of likely N-dealkylation sites (N-methyl/N-ethyl adjacent to an activating group) is 1. The van der Waals surface area contributed by atoms with Crippen LogP contribution in [0.5, 0.6) is 0 Å². The van der Waals surface area contributed by atoms with Crippen molar-refractivity contribution in [1.29, 1.82) is 0 Å². The van der Waals surface area contributed by atoms with Crippen LogP contribution in [0.25, 0.3) is 0 Å². The molecule has 5 heteroatoms. The van der Waals surface area contributed by atoms with Crippen LogP contribution < -0.4 is 5.73 Å². The molecule has 0 aliphatic carbocycles. The zero-order valence-electron chi connectivity index (χ0n) is 10.8. The van der Waals surface area contributed by atoms with E-state index in [0.29, 0.717) is 17.1 Å². The lowest BCUT2D eigenvalue weighted by atomic mass is 10.0. The number of thioether (sulfide) groups is 1. The molecule has 0 fully saturated rings. The first kappa shape index (κ1) is 15.8. The van der Waals surface area contributed by atoms with Crippen molar-refractivity contribution < 1.29 is 4.39 Å². The standard InChI is InChI=1S/C13H20ClFN2S/c1-17(7-4-8-18-2)12(9-16)13-10(14)5-3-6-11(13)15/h3,5-6,12H,4,7-9,16H2,1-2H3. The monoisotopic (exact) mass is 290 g/mol. The third kappa shape index (κ3) is 4.12. The van der Waals surface area contributed by atoms with Crippen molar-refractivity contribution in [3.63, 3.8) is 0 Å². The first-order chi connectivity index (χ1) is 8.61. The highest BCUT2D eigenvalue weighted by atomic mass is 35.5. The molecule has 2 N–H and O–H groups in total. The Morgan fingerprint density at radius 3 is 2.78 bits per heavy atom. The largest absolute Gasteiger partial charge is 0.329 e. The maximum atomic E-state index is 13.9. The van der Waals surface area contributed by atoms with Crippen molar-refractivity contribution in [2.45, 2.75) is 12.5 Å². The summed E-state index contributed by atoms with van der Waals surface area (Å²) in [6, 6.07) is 4.58. The molecule has 0 bridgehead atoms. The summed E-state index contributed by atoms with van der Waals surface area (Å²) in [6.45, 7) is 1.24. The molecule has 1 aromatic rings. The number of benzene rings is 1. The smallest absolute Gasteiger partial charge is 0.129 e. The maximum Gasteiger partial charge on any atom is 0.129 e. The van der Waals surface area contributed by atoms with Crippen LogP contribution in [0.4, 0.5) is 4.39 Å². The zero-order chi connectivity index (χ0) is 13.5. The summed E-state index contributed by atoms with van der Waals surface area (Å²) in [5, 5.41) is 0.446. The van der Waals surface area contributed by atoms with E-state index in [2.05, 4.69) is 11.2 Å². The van der Waals surface area contributed by atoms with Gasteiger partial charge in [0.1, 0.15) is 5.82 Å². The first-order valence-corrected chi connectivity index (χ1v) is 7.72. The normalized spacial score (nSPS) is 13.0. The Hall–Kier alpha value is -0.290. The van der Waals surface area contributed by atoms with Crippen LogP contribution >= 0.6 is 23.4 Å². The molecule has 0 saturated heterocycles. The summed E-state index contributed by atoms with van der Waals surface area (Å²) in [5.74, 6) is 0.807. The molecule has 0 heterocycles. The van der Waals surface area contributed by atoms with E-state index in [9.17, 15) is 4.39 Å². The van der Waals surface area contributed by atoms with Crippen molar-refractivity contribution in [3.8, 4) is 0 Å². The van der Waals surface area contributed by atoms with Crippen molar-refractivity contribution in [1.82, 2.24) is 4.90 Å². The molecular formula is C13H20ClFN2S. The van der Waals surface area contributed by atoms with Gasteiger partial charge >= 0.3 is 0 Å². The van der Waals surface area contributed by atoms with E-state index in [1.807, 2.05) is 7.05 Å². The summed E-state index contributed by atoms with van der Waals surface area (Å²) in [5.41, 5.74) is 6.28. The van der Waals surface area contributed by atoms with Crippen molar-refractivity contribution in [2.24, 2.45) is 5.73 Å². The molecule has 1 unspecified atom stereocenters. The minimum atomic E-state index is -0.283. The molecule has 0 aromatic heterocycles. The van der Waals surface area contributed by atoms with Crippen LogP contribution in [-0.2, 0) is 0 Å². The molecule has 0 spiro atoms. The predicted molar refractivity (Wildman–Crippen MR) is 78.8 cm³/mol.